The second kappa shape index (κ2) is 12.1. The van der Waals surface area contributed by atoms with E-state index in [1.54, 1.807) is 30.3 Å². The number of carboxylic acids is 1. The van der Waals surface area contributed by atoms with Crippen molar-refractivity contribution in [3.05, 3.63) is 64.4 Å². The summed E-state index contributed by atoms with van der Waals surface area (Å²) in [6, 6.07) is 11.8. The smallest absolute Gasteiger partial charge is 0.304 e. The van der Waals surface area contributed by atoms with E-state index in [4.69, 9.17) is 21.4 Å². The van der Waals surface area contributed by atoms with Crippen LogP contribution in [-0.4, -0.2) is 65.1 Å². The molecular weight excluding hydrogens is 461 g/mol. The first kappa shape index (κ1) is 25.9. The lowest BCUT2D eigenvalue weighted by Gasteiger charge is -2.44. The average Bonchev–Trinajstić information content (AvgIpc) is 2.79. The first-order valence-corrected chi connectivity index (χ1v) is 11.7. The fourth-order valence-electron chi connectivity index (χ4n) is 4.06. The molecule has 0 radical (unpaired) electrons. The zero-order valence-electron chi connectivity index (χ0n) is 19.5. The van der Waals surface area contributed by atoms with Crippen LogP contribution in [0.4, 0.5) is 4.39 Å². The van der Waals surface area contributed by atoms with Crippen LogP contribution in [0.3, 0.4) is 0 Å². The number of piperazine rings is 1. The van der Waals surface area contributed by atoms with Gasteiger partial charge in [-0.2, -0.15) is 0 Å². The Labute approximate surface area is 204 Å². The number of rotatable bonds is 10. The first-order valence-electron chi connectivity index (χ1n) is 11.3. The number of aliphatic carboxylic acids is 1. The Balaban J connectivity index is 1.54. The Bertz CT molecular complexity index is 989. The van der Waals surface area contributed by atoms with Gasteiger partial charge in [-0.3, -0.25) is 14.5 Å². The molecule has 0 spiro atoms. The van der Waals surface area contributed by atoms with Crippen LogP contribution in [0.5, 0.6) is 5.75 Å². The van der Waals surface area contributed by atoms with Crippen molar-refractivity contribution in [1.29, 1.82) is 0 Å². The number of hydrogen-bond donors (Lipinski definition) is 2. The summed E-state index contributed by atoms with van der Waals surface area (Å²) < 4.78 is 19.0. The van der Waals surface area contributed by atoms with Crippen LogP contribution >= 0.6 is 11.6 Å². The number of nitrogens with zero attached hydrogens (tertiary/aromatic N) is 2. The lowest BCUT2D eigenvalue weighted by Crippen LogP contribution is -2.58. The van der Waals surface area contributed by atoms with Crippen molar-refractivity contribution in [2.75, 3.05) is 26.2 Å². The number of carbonyl (C=O) groups is 2. The molecule has 9 heteroatoms. The summed E-state index contributed by atoms with van der Waals surface area (Å²) in [7, 11) is 0. The van der Waals surface area contributed by atoms with Crippen molar-refractivity contribution in [3.8, 4) is 5.75 Å². The Hall–Kier alpha value is -2.68. The van der Waals surface area contributed by atoms with Gasteiger partial charge in [-0.25, -0.2) is 4.39 Å². The monoisotopic (exact) mass is 491 g/mol. The lowest BCUT2D eigenvalue weighted by atomic mass is 10.1. The molecule has 1 amide bonds. The van der Waals surface area contributed by atoms with E-state index in [0.717, 1.165) is 11.1 Å². The van der Waals surface area contributed by atoms with Gasteiger partial charge in [-0.05, 0) is 49.7 Å². The molecule has 184 valence electrons. The molecule has 34 heavy (non-hydrogen) atoms. The number of halogens is 2. The first-order chi connectivity index (χ1) is 16.2. The molecule has 2 aromatic carbocycles. The number of hydrogen-bond acceptors (Lipinski definition) is 5. The SMILES string of the molecule is CC1CN(C(=O)COc2ccc(Cl)cc2CNCCC(=O)O)C(C)CN1Cc1ccc(F)cc1. The Morgan fingerprint density at radius 2 is 1.88 bits per heavy atom. The number of nitrogens with one attached hydrogen (secondary N) is 1. The molecule has 0 aromatic heterocycles. The average molecular weight is 492 g/mol. The molecule has 0 bridgehead atoms. The van der Waals surface area contributed by atoms with Crippen LogP contribution in [0, 0.1) is 5.82 Å². The Morgan fingerprint density at radius 1 is 1.15 bits per heavy atom. The molecule has 0 saturated carbocycles. The van der Waals surface area contributed by atoms with E-state index in [1.165, 1.54) is 12.1 Å². The van der Waals surface area contributed by atoms with E-state index in [1.807, 2.05) is 11.8 Å². The second-order valence-electron chi connectivity index (χ2n) is 8.66. The zero-order valence-corrected chi connectivity index (χ0v) is 20.2. The normalized spacial score (nSPS) is 18.6. The van der Waals surface area contributed by atoms with Gasteiger partial charge in [-0.15, -0.1) is 0 Å². The van der Waals surface area contributed by atoms with E-state index in [9.17, 15) is 14.0 Å². The molecule has 0 aliphatic carbocycles. The molecule has 2 atom stereocenters. The van der Waals surface area contributed by atoms with Crippen molar-refractivity contribution in [3.63, 3.8) is 0 Å². The van der Waals surface area contributed by atoms with Crippen molar-refractivity contribution in [1.82, 2.24) is 15.1 Å². The van der Waals surface area contributed by atoms with E-state index in [0.29, 0.717) is 43.5 Å². The summed E-state index contributed by atoms with van der Waals surface area (Å²) in [6.07, 6.45) is 0.0124. The largest absolute Gasteiger partial charge is 0.483 e. The van der Waals surface area contributed by atoms with Gasteiger partial charge in [0.2, 0.25) is 0 Å². The van der Waals surface area contributed by atoms with E-state index < -0.39 is 5.97 Å². The van der Waals surface area contributed by atoms with Crippen LogP contribution in [0.2, 0.25) is 5.02 Å². The van der Waals surface area contributed by atoms with E-state index in [2.05, 4.69) is 17.1 Å². The van der Waals surface area contributed by atoms with Crippen molar-refractivity contribution >= 4 is 23.5 Å². The number of carboxylic acid groups (broad SMARTS) is 1. The minimum Gasteiger partial charge on any atom is -0.483 e. The fourth-order valence-corrected chi connectivity index (χ4v) is 4.25. The highest BCUT2D eigenvalue weighted by atomic mass is 35.5. The minimum absolute atomic E-state index is 0.00937. The molecule has 1 heterocycles. The van der Waals surface area contributed by atoms with Crippen molar-refractivity contribution in [2.45, 2.75) is 45.4 Å². The van der Waals surface area contributed by atoms with Gasteiger partial charge in [-0.1, -0.05) is 23.7 Å². The molecule has 7 nitrogen and oxygen atoms in total. The number of amides is 1. The van der Waals surface area contributed by atoms with Crippen LogP contribution in [0.1, 0.15) is 31.4 Å². The topological polar surface area (TPSA) is 82.1 Å². The lowest BCUT2D eigenvalue weighted by molar-refractivity contribution is -0.139. The quantitative estimate of drug-likeness (QED) is 0.495. The predicted molar refractivity (Wildman–Crippen MR) is 128 cm³/mol. The summed E-state index contributed by atoms with van der Waals surface area (Å²) in [6.45, 7) is 6.69. The van der Waals surface area contributed by atoms with Crippen molar-refractivity contribution < 1.29 is 23.8 Å². The molecule has 2 N–H and O–H groups in total. The van der Waals surface area contributed by atoms with Gasteiger partial charge >= 0.3 is 5.97 Å². The molecule has 1 aliphatic heterocycles. The van der Waals surface area contributed by atoms with Gasteiger partial charge in [0.25, 0.3) is 5.91 Å². The fraction of sp³-hybridized carbons (Fsp3) is 0.440. The molecule has 3 rings (SSSR count). The van der Waals surface area contributed by atoms with Gasteiger partial charge in [0.1, 0.15) is 11.6 Å². The van der Waals surface area contributed by atoms with Gasteiger partial charge < -0.3 is 20.1 Å². The molecule has 1 fully saturated rings. The van der Waals surface area contributed by atoms with Crippen LogP contribution in [0.15, 0.2) is 42.5 Å². The highest BCUT2D eigenvalue weighted by Crippen LogP contribution is 2.24. The van der Waals surface area contributed by atoms with E-state index >= 15 is 0 Å². The zero-order chi connectivity index (χ0) is 24.7. The molecule has 2 aromatic rings. The maximum Gasteiger partial charge on any atom is 0.304 e. The third kappa shape index (κ3) is 7.41. The maximum absolute atomic E-state index is 13.2. The molecular formula is C25H31ClFN3O4. The molecule has 2 unspecified atom stereocenters. The van der Waals surface area contributed by atoms with Crippen molar-refractivity contribution in [2.24, 2.45) is 0 Å². The summed E-state index contributed by atoms with van der Waals surface area (Å²) in [5, 5.41) is 12.4. The summed E-state index contributed by atoms with van der Waals surface area (Å²) in [5.41, 5.74) is 1.80. The number of carbonyl (C=O) groups excluding carboxylic acids is 1. The minimum atomic E-state index is -0.873. The van der Waals surface area contributed by atoms with E-state index in [-0.39, 0.29) is 36.8 Å². The third-order valence-corrected chi connectivity index (χ3v) is 6.17. The highest BCUT2D eigenvalue weighted by Gasteiger charge is 2.32. The third-order valence-electron chi connectivity index (χ3n) is 5.94. The highest BCUT2D eigenvalue weighted by molar-refractivity contribution is 6.30. The second-order valence-corrected chi connectivity index (χ2v) is 9.10. The summed E-state index contributed by atoms with van der Waals surface area (Å²) in [4.78, 5) is 27.8. The van der Waals surface area contributed by atoms with Gasteiger partial charge in [0, 0.05) is 55.4 Å². The Kier molecular flexibility index (Phi) is 9.27. The predicted octanol–water partition coefficient (Wildman–Crippen LogP) is 3.54. The number of benzene rings is 2. The van der Waals surface area contributed by atoms with Gasteiger partial charge in [0.05, 0.1) is 6.42 Å². The summed E-state index contributed by atoms with van der Waals surface area (Å²) >= 11 is 6.10. The maximum atomic E-state index is 13.2. The standard InChI is InChI=1S/C25H31ClFN3O4/c1-17-14-30(18(2)13-29(17)15-19-3-6-22(27)7-4-19)24(31)16-34-23-8-5-21(26)11-20(23)12-28-10-9-25(32)33/h3-8,11,17-18,28H,9-10,12-16H2,1-2H3,(H,32,33). The van der Waals surface area contributed by atoms with Crippen LogP contribution < -0.4 is 10.1 Å². The van der Waals surface area contributed by atoms with Crippen LogP contribution in [0.25, 0.3) is 0 Å². The molecule has 1 saturated heterocycles. The van der Waals surface area contributed by atoms with Gasteiger partial charge in [0.15, 0.2) is 6.61 Å². The summed E-state index contributed by atoms with van der Waals surface area (Å²) in [5.74, 6) is -0.681. The molecule has 1 aliphatic rings. The van der Waals surface area contributed by atoms with Crippen LogP contribution in [-0.2, 0) is 22.7 Å². The Morgan fingerprint density at radius 3 is 2.59 bits per heavy atom. The number of ether oxygens (including phenoxy) is 1.